The molecular weight excluding hydrogens is 263 g/mol. The summed E-state index contributed by atoms with van der Waals surface area (Å²) in [5.41, 5.74) is 11.2. The smallest absolute Gasteiger partial charge is 0.238 e. The number of carbonyl (C=O) groups excluding carboxylic acids is 2. The van der Waals surface area contributed by atoms with Crippen molar-refractivity contribution in [1.82, 2.24) is 4.90 Å². The molecule has 0 aliphatic heterocycles. The van der Waals surface area contributed by atoms with Gasteiger partial charge in [0.05, 0.1) is 24.5 Å². The Morgan fingerprint density at radius 2 is 2.00 bits per heavy atom. The van der Waals surface area contributed by atoms with Crippen LogP contribution in [0.4, 0.5) is 15.8 Å². The lowest BCUT2D eigenvalue weighted by atomic mass is 10.2. The number of amides is 2. The van der Waals surface area contributed by atoms with E-state index in [0.717, 1.165) is 6.07 Å². The Bertz CT molecular complexity index is 505. The number of benzene rings is 1. The predicted octanol–water partition coefficient (Wildman–Crippen LogP) is 0.542. The molecule has 0 aromatic heterocycles. The average molecular weight is 282 g/mol. The maximum absolute atomic E-state index is 12.9. The number of nitrogens with two attached hydrogens (primary N) is 2. The van der Waals surface area contributed by atoms with E-state index in [2.05, 4.69) is 5.32 Å². The molecule has 0 fully saturated rings. The minimum absolute atomic E-state index is 0.00256. The average Bonchev–Trinajstić information content (AvgIpc) is 2.31. The summed E-state index contributed by atoms with van der Waals surface area (Å²) in [6.45, 7) is 3.69. The van der Waals surface area contributed by atoms with E-state index in [1.165, 1.54) is 12.1 Å². The molecule has 1 rings (SSSR count). The zero-order chi connectivity index (χ0) is 15.3. The van der Waals surface area contributed by atoms with Gasteiger partial charge in [-0.25, -0.2) is 4.39 Å². The second-order valence-corrected chi connectivity index (χ2v) is 4.74. The third kappa shape index (κ3) is 4.85. The summed E-state index contributed by atoms with van der Waals surface area (Å²) in [5.74, 6) is -1.33. The Balaban J connectivity index is 2.68. The van der Waals surface area contributed by atoms with E-state index >= 15 is 0 Å². The summed E-state index contributed by atoms with van der Waals surface area (Å²) < 4.78 is 12.9. The fourth-order valence-electron chi connectivity index (χ4n) is 1.64. The number of nitrogens with zero attached hydrogens (tertiary/aromatic N) is 1. The molecule has 0 unspecified atom stereocenters. The molecule has 0 bridgehead atoms. The lowest BCUT2D eigenvalue weighted by molar-refractivity contribution is -0.121. The molecule has 0 saturated heterocycles. The van der Waals surface area contributed by atoms with Crippen molar-refractivity contribution in [1.29, 1.82) is 0 Å². The molecule has 20 heavy (non-hydrogen) atoms. The Kier molecular flexibility index (Phi) is 5.45. The zero-order valence-electron chi connectivity index (χ0n) is 11.5. The number of halogens is 1. The van der Waals surface area contributed by atoms with Crippen molar-refractivity contribution < 1.29 is 14.0 Å². The highest BCUT2D eigenvalue weighted by Crippen LogP contribution is 2.18. The molecule has 110 valence electrons. The molecule has 1 aromatic rings. The maximum atomic E-state index is 12.9. The van der Waals surface area contributed by atoms with E-state index in [0.29, 0.717) is 5.69 Å². The summed E-state index contributed by atoms with van der Waals surface area (Å²) in [6.07, 6.45) is 0. The van der Waals surface area contributed by atoms with Crippen LogP contribution in [0.3, 0.4) is 0 Å². The molecular formula is C13H19FN4O2. The van der Waals surface area contributed by atoms with Gasteiger partial charge in [0, 0.05) is 6.04 Å². The number of rotatable bonds is 6. The third-order valence-corrected chi connectivity index (χ3v) is 2.72. The summed E-state index contributed by atoms with van der Waals surface area (Å²) in [6, 6.07) is 3.70. The van der Waals surface area contributed by atoms with Gasteiger partial charge in [-0.05, 0) is 32.0 Å². The Hall–Kier alpha value is -2.15. The first kappa shape index (κ1) is 15.9. The lowest BCUT2D eigenvalue weighted by Crippen LogP contribution is -2.43. The Labute approximate surface area is 116 Å². The van der Waals surface area contributed by atoms with Gasteiger partial charge in [-0.1, -0.05) is 0 Å². The number of carbonyl (C=O) groups is 2. The van der Waals surface area contributed by atoms with Gasteiger partial charge in [0.2, 0.25) is 11.8 Å². The second kappa shape index (κ2) is 6.85. The van der Waals surface area contributed by atoms with Gasteiger partial charge >= 0.3 is 0 Å². The molecule has 5 N–H and O–H groups in total. The van der Waals surface area contributed by atoms with Crippen molar-refractivity contribution in [3.63, 3.8) is 0 Å². The van der Waals surface area contributed by atoms with Crippen molar-refractivity contribution in [3.8, 4) is 0 Å². The molecule has 0 heterocycles. The summed E-state index contributed by atoms with van der Waals surface area (Å²) >= 11 is 0. The van der Waals surface area contributed by atoms with Gasteiger partial charge in [-0.15, -0.1) is 0 Å². The van der Waals surface area contributed by atoms with Gasteiger partial charge in [-0.2, -0.15) is 0 Å². The van der Waals surface area contributed by atoms with Crippen LogP contribution in [-0.4, -0.2) is 35.8 Å². The lowest BCUT2D eigenvalue weighted by Gasteiger charge is -2.24. The minimum Gasteiger partial charge on any atom is -0.397 e. The minimum atomic E-state index is -0.507. The van der Waals surface area contributed by atoms with Crippen molar-refractivity contribution in [2.24, 2.45) is 5.73 Å². The van der Waals surface area contributed by atoms with E-state index in [4.69, 9.17) is 11.5 Å². The van der Waals surface area contributed by atoms with Gasteiger partial charge < -0.3 is 16.8 Å². The first-order chi connectivity index (χ1) is 9.29. The highest BCUT2D eigenvalue weighted by Gasteiger charge is 2.16. The first-order valence-corrected chi connectivity index (χ1v) is 6.17. The number of hydrogen-bond donors (Lipinski definition) is 3. The highest BCUT2D eigenvalue weighted by molar-refractivity contribution is 5.95. The van der Waals surface area contributed by atoms with Gasteiger partial charge in [-0.3, -0.25) is 14.5 Å². The predicted molar refractivity (Wildman–Crippen MR) is 75.3 cm³/mol. The van der Waals surface area contributed by atoms with E-state index in [-0.39, 0.29) is 30.7 Å². The molecule has 6 nitrogen and oxygen atoms in total. The fraction of sp³-hybridized carbons (Fsp3) is 0.385. The van der Waals surface area contributed by atoms with E-state index < -0.39 is 11.7 Å². The van der Waals surface area contributed by atoms with Crippen LogP contribution in [0, 0.1) is 5.82 Å². The Morgan fingerprint density at radius 1 is 1.35 bits per heavy atom. The molecule has 0 spiro atoms. The van der Waals surface area contributed by atoms with Crippen molar-refractivity contribution in [2.75, 3.05) is 24.1 Å². The molecule has 0 radical (unpaired) electrons. The van der Waals surface area contributed by atoms with Gasteiger partial charge in [0.25, 0.3) is 0 Å². The number of nitrogen functional groups attached to an aromatic ring is 1. The van der Waals surface area contributed by atoms with Crippen LogP contribution in [-0.2, 0) is 9.59 Å². The Morgan fingerprint density at radius 3 is 2.50 bits per heavy atom. The maximum Gasteiger partial charge on any atom is 0.238 e. The highest BCUT2D eigenvalue weighted by atomic mass is 19.1. The largest absolute Gasteiger partial charge is 0.397 e. The summed E-state index contributed by atoms with van der Waals surface area (Å²) in [7, 11) is 0. The van der Waals surface area contributed by atoms with Crippen LogP contribution >= 0.6 is 0 Å². The number of nitrogens with one attached hydrogen (secondary N) is 1. The van der Waals surface area contributed by atoms with Crippen molar-refractivity contribution in [2.45, 2.75) is 19.9 Å². The summed E-state index contributed by atoms with van der Waals surface area (Å²) in [4.78, 5) is 24.4. The zero-order valence-corrected chi connectivity index (χ0v) is 11.5. The quantitative estimate of drug-likeness (QED) is 0.663. The molecule has 7 heteroatoms. The van der Waals surface area contributed by atoms with Crippen LogP contribution in [0.25, 0.3) is 0 Å². The van der Waals surface area contributed by atoms with Crippen molar-refractivity contribution >= 4 is 23.2 Å². The molecule has 0 saturated carbocycles. The normalized spacial score (nSPS) is 10.8. The first-order valence-electron chi connectivity index (χ1n) is 6.17. The molecule has 0 aliphatic carbocycles. The standard InChI is InChI=1S/C13H19FN4O2/c1-8(2)18(6-12(16)19)7-13(20)17-11-4-3-9(14)5-10(11)15/h3-5,8H,6-7,15H2,1-2H3,(H2,16,19)(H,17,20). The number of hydrogen-bond acceptors (Lipinski definition) is 4. The fourth-order valence-corrected chi connectivity index (χ4v) is 1.64. The summed E-state index contributed by atoms with van der Waals surface area (Å²) in [5, 5.41) is 2.57. The van der Waals surface area contributed by atoms with Crippen LogP contribution in [0.1, 0.15) is 13.8 Å². The van der Waals surface area contributed by atoms with E-state index in [1.807, 2.05) is 13.8 Å². The topological polar surface area (TPSA) is 101 Å². The molecule has 0 aliphatic rings. The molecule has 1 aromatic carbocycles. The number of anilines is 2. The van der Waals surface area contributed by atoms with Gasteiger partial charge in [0.15, 0.2) is 0 Å². The number of primary amides is 1. The van der Waals surface area contributed by atoms with Crippen LogP contribution in [0.5, 0.6) is 0 Å². The van der Waals surface area contributed by atoms with E-state index in [9.17, 15) is 14.0 Å². The van der Waals surface area contributed by atoms with E-state index in [1.54, 1.807) is 4.90 Å². The van der Waals surface area contributed by atoms with Crippen LogP contribution in [0.2, 0.25) is 0 Å². The van der Waals surface area contributed by atoms with Crippen LogP contribution in [0.15, 0.2) is 18.2 Å². The molecule has 0 atom stereocenters. The monoisotopic (exact) mass is 282 g/mol. The SMILES string of the molecule is CC(C)N(CC(N)=O)CC(=O)Nc1ccc(F)cc1N. The second-order valence-electron chi connectivity index (χ2n) is 4.74. The van der Waals surface area contributed by atoms with Crippen LogP contribution < -0.4 is 16.8 Å². The van der Waals surface area contributed by atoms with Crippen molar-refractivity contribution in [3.05, 3.63) is 24.0 Å². The molecule has 2 amide bonds. The van der Waals surface area contributed by atoms with Gasteiger partial charge in [0.1, 0.15) is 5.82 Å². The third-order valence-electron chi connectivity index (χ3n) is 2.72.